The van der Waals surface area contributed by atoms with Gasteiger partial charge in [0.2, 0.25) is 0 Å². The van der Waals surface area contributed by atoms with E-state index >= 15 is 0 Å². The number of hydrogen-bond acceptors (Lipinski definition) is 11. The van der Waals surface area contributed by atoms with Gasteiger partial charge < -0.3 is 35.4 Å². The van der Waals surface area contributed by atoms with Gasteiger partial charge in [-0.05, 0) is 11.8 Å². The van der Waals surface area contributed by atoms with E-state index in [-0.39, 0.29) is 35.8 Å². The van der Waals surface area contributed by atoms with Gasteiger partial charge in [0, 0.05) is 18.9 Å². The van der Waals surface area contributed by atoms with Gasteiger partial charge in [-0.25, -0.2) is 23.8 Å². The minimum Gasteiger partial charge on any atom is -0.387 e. The van der Waals surface area contributed by atoms with Gasteiger partial charge in [0.25, 0.3) is 0 Å². The molecule has 0 amide bonds. The molecule has 3 rings (SSSR count). The number of nitrogens with zero attached hydrogens (tertiary/aromatic N) is 4. The molecule has 0 spiro atoms. The van der Waals surface area contributed by atoms with Crippen LogP contribution in [0.4, 0.5) is 5.82 Å². The summed E-state index contributed by atoms with van der Waals surface area (Å²) in [6.07, 6.45) is -2.95. The summed E-state index contributed by atoms with van der Waals surface area (Å²) in [5.74, 6) is 0.105. The number of aliphatic hydroxyl groups excluding tert-OH is 2. The van der Waals surface area contributed by atoms with Gasteiger partial charge in [0.05, 0.1) is 12.9 Å². The van der Waals surface area contributed by atoms with Gasteiger partial charge in [0.15, 0.2) is 17.7 Å². The molecule has 3 heterocycles. The molecule has 1 fully saturated rings. The molecule has 1 aliphatic heterocycles. The van der Waals surface area contributed by atoms with E-state index in [1.165, 1.54) is 17.2 Å². The minimum atomic E-state index is -4.92. The summed E-state index contributed by atoms with van der Waals surface area (Å²) in [4.78, 5) is 39.0. The van der Waals surface area contributed by atoms with Crippen LogP contribution in [0.3, 0.4) is 0 Å². The summed E-state index contributed by atoms with van der Waals surface area (Å²) in [5, 5.41) is 20.3. The molecular formula is C10H15LiN5O9P2S. The zero-order chi connectivity index (χ0) is 20.0. The van der Waals surface area contributed by atoms with Gasteiger partial charge in [-0.2, -0.15) is 0 Å². The summed E-state index contributed by atoms with van der Waals surface area (Å²) >= 11 is 4.09. The molecular weight excluding hydrogens is 435 g/mol. The van der Waals surface area contributed by atoms with Crippen LogP contribution in [0, 0.1) is 0 Å². The van der Waals surface area contributed by atoms with Crippen molar-refractivity contribution in [2.75, 3.05) is 12.3 Å². The van der Waals surface area contributed by atoms with Crippen LogP contribution in [0.1, 0.15) is 6.23 Å². The average molecular weight is 450 g/mol. The van der Waals surface area contributed by atoms with Crippen LogP contribution in [0.15, 0.2) is 12.7 Å². The Morgan fingerprint density at radius 1 is 1.25 bits per heavy atom. The molecule has 0 aromatic carbocycles. The first kappa shape index (κ1) is 23.8. The second kappa shape index (κ2) is 8.71. The molecule has 1 saturated heterocycles. The largest absolute Gasteiger partial charge is 0.479 e. The number of phosphoric ester groups is 1. The first-order valence-electron chi connectivity index (χ1n) is 7.17. The second-order valence-corrected chi connectivity index (χ2v) is 9.72. The average Bonchev–Trinajstić information content (AvgIpc) is 3.07. The van der Waals surface area contributed by atoms with Crippen molar-refractivity contribution >= 4 is 62.2 Å². The van der Waals surface area contributed by atoms with E-state index in [4.69, 9.17) is 20.3 Å². The maximum absolute atomic E-state index is 11.6. The number of nitrogens with two attached hydrogens (primary N) is 1. The number of phosphoric acid groups is 1. The van der Waals surface area contributed by atoms with Crippen LogP contribution in [0.5, 0.6) is 0 Å². The number of aliphatic hydroxyl groups is 2. The second-order valence-electron chi connectivity index (χ2n) is 5.47. The van der Waals surface area contributed by atoms with Crippen LogP contribution in [-0.4, -0.2) is 88.2 Å². The zero-order valence-corrected chi connectivity index (χ0v) is 16.8. The first-order chi connectivity index (χ1) is 12.5. The zero-order valence-electron chi connectivity index (χ0n) is 14.2. The van der Waals surface area contributed by atoms with Crippen LogP contribution in [-0.2, 0) is 29.9 Å². The molecule has 1 radical (unpaired) electrons. The van der Waals surface area contributed by atoms with Crippen molar-refractivity contribution in [3.8, 4) is 0 Å². The van der Waals surface area contributed by atoms with E-state index < -0.39 is 45.7 Å². The number of aromatic nitrogens is 4. The number of ether oxygens (including phenoxy) is 1. The number of imidazole rings is 1. The van der Waals surface area contributed by atoms with Crippen molar-refractivity contribution in [2.45, 2.75) is 24.5 Å². The van der Waals surface area contributed by atoms with E-state index in [2.05, 4.69) is 35.6 Å². The van der Waals surface area contributed by atoms with Gasteiger partial charge >= 0.3 is 14.5 Å². The number of nitrogen functional groups attached to an aromatic ring is 1. The standard InChI is InChI=1S/C10H15N5O9P2S.Li/c11-8-5-9(13-2-12-8)15(3-14-5)10-7(17)6(16)4(23-10)1-22-25(18,19)24-26(20,21)27;/h2-4,6-7,10,16-17H,1H2,(H,18,19)(H2,11,12,13)(H2,20,21,27);/t4-,6-,7-,10-;/m1./s1. The van der Waals surface area contributed by atoms with Gasteiger partial charge in [-0.3, -0.25) is 9.09 Å². The van der Waals surface area contributed by atoms with E-state index in [1.807, 2.05) is 0 Å². The molecule has 18 heteroatoms. The molecule has 28 heavy (non-hydrogen) atoms. The Kier molecular flexibility index (Phi) is 7.40. The van der Waals surface area contributed by atoms with Crippen molar-refractivity contribution in [3.05, 3.63) is 12.7 Å². The number of rotatable bonds is 6. The van der Waals surface area contributed by atoms with E-state index in [1.54, 1.807) is 0 Å². The monoisotopic (exact) mass is 450 g/mol. The number of fused-ring (bicyclic) bond motifs is 1. The molecule has 151 valence electrons. The fraction of sp³-hybridized carbons (Fsp3) is 0.500. The quantitative estimate of drug-likeness (QED) is 0.207. The van der Waals surface area contributed by atoms with E-state index in [0.29, 0.717) is 0 Å². The van der Waals surface area contributed by atoms with Crippen LogP contribution in [0.25, 0.3) is 11.2 Å². The Morgan fingerprint density at radius 3 is 2.57 bits per heavy atom. The van der Waals surface area contributed by atoms with Gasteiger partial charge in [0.1, 0.15) is 30.2 Å². The van der Waals surface area contributed by atoms with Crippen molar-refractivity contribution in [1.82, 2.24) is 19.5 Å². The summed E-state index contributed by atoms with van der Waals surface area (Å²) in [7, 11) is -4.92. The Labute approximate surface area is 174 Å². The third kappa shape index (κ3) is 5.16. The third-order valence-corrected chi connectivity index (χ3v) is 6.36. The Balaban J connectivity index is 0.00000280. The third-order valence-electron chi connectivity index (χ3n) is 3.61. The Bertz CT molecular complexity index is 943. The molecule has 0 bridgehead atoms. The van der Waals surface area contributed by atoms with Crippen LogP contribution >= 0.6 is 14.5 Å². The Hall–Kier alpha value is -0.493. The fourth-order valence-corrected chi connectivity index (χ4v) is 4.84. The molecule has 14 nitrogen and oxygen atoms in total. The number of anilines is 1. The predicted octanol–water partition coefficient (Wildman–Crippen LogP) is -2.01. The summed E-state index contributed by atoms with van der Waals surface area (Å²) in [6, 6.07) is 0. The van der Waals surface area contributed by atoms with Crippen molar-refractivity contribution in [1.29, 1.82) is 0 Å². The maximum atomic E-state index is 11.6. The van der Waals surface area contributed by atoms with Crippen LogP contribution < -0.4 is 5.73 Å². The van der Waals surface area contributed by atoms with Crippen molar-refractivity contribution in [2.24, 2.45) is 0 Å². The van der Waals surface area contributed by atoms with Crippen molar-refractivity contribution < 1.29 is 43.0 Å². The molecule has 0 saturated carbocycles. The summed E-state index contributed by atoms with van der Waals surface area (Å²) in [5.41, 5.74) is 6.18. The molecule has 0 aliphatic carbocycles. The normalized spacial score (nSPS) is 27.5. The first-order valence-corrected chi connectivity index (χ1v) is 11.3. The molecule has 2 aromatic heterocycles. The summed E-state index contributed by atoms with van der Waals surface area (Å²) in [6.45, 7) is -5.18. The van der Waals surface area contributed by atoms with Crippen molar-refractivity contribution in [3.63, 3.8) is 0 Å². The topological polar surface area (TPSA) is 216 Å². The van der Waals surface area contributed by atoms with Gasteiger partial charge in [-0.15, -0.1) is 0 Å². The molecule has 5 atom stereocenters. The smallest absolute Gasteiger partial charge is 0.387 e. The maximum Gasteiger partial charge on any atom is 0.479 e. The Morgan fingerprint density at radius 2 is 1.93 bits per heavy atom. The molecule has 2 aromatic rings. The van der Waals surface area contributed by atoms with Crippen LogP contribution in [0.2, 0.25) is 0 Å². The summed E-state index contributed by atoms with van der Waals surface area (Å²) < 4.78 is 26.9. The van der Waals surface area contributed by atoms with E-state index in [9.17, 15) is 19.7 Å². The molecule has 1 unspecified atom stereocenters. The SMILES string of the molecule is Nc1ncnc2c1ncn2[C@@H]1O[C@H](COP(=O)(O)OP(O)(O)=S)[C@@H](O)[C@H]1O.[Li]. The number of hydrogen-bond donors (Lipinski definition) is 6. The fourth-order valence-electron chi connectivity index (χ4n) is 2.48. The van der Waals surface area contributed by atoms with Gasteiger partial charge in [-0.1, -0.05) is 0 Å². The minimum absolute atomic E-state index is 0. The molecule has 7 N–H and O–H groups in total. The predicted molar refractivity (Wildman–Crippen MR) is 97.0 cm³/mol. The van der Waals surface area contributed by atoms with E-state index in [0.717, 1.165) is 0 Å². The molecule has 1 aliphatic rings.